The largest absolute Gasteiger partial charge is 0.493 e. The Labute approximate surface area is 98.5 Å². The number of ether oxygens (including phenoxy) is 1. The Hall–Kier alpha value is -1.81. The second-order valence-electron chi connectivity index (χ2n) is 2.60. The lowest BCUT2D eigenvalue weighted by Gasteiger charge is -1.98. The Morgan fingerprint density at radius 1 is 1.50 bits per heavy atom. The molecular weight excluding hydrogens is 244 g/mol. The number of rotatable bonds is 2. The number of hydrogen-bond acceptors (Lipinski definition) is 4. The fraction of sp³-hybridized carbons (Fsp3) is 0.200. The molecule has 0 radical (unpaired) electrons. The highest BCUT2D eigenvalue weighted by Crippen LogP contribution is 2.34. The highest BCUT2D eigenvalue weighted by molar-refractivity contribution is 8.35. The van der Waals surface area contributed by atoms with Gasteiger partial charge < -0.3 is 4.74 Å². The quantitative estimate of drug-likeness (QED) is 0.683. The second-order valence-corrected chi connectivity index (χ2v) is 5.58. The first-order chi connectivity index (χ1) is 7.74. The number of methoxy groups -OCH3 is 1. The van der Waals surface area contributed by atoms with Crippen LogP contribution in [0.25, 0.3) is 0 Å². The van der Waals surface area contributed by atoms with Crippen molar-refractivity contribution in [2.75, 3.05) is 7.11 Å². The SMILES string of the molecule is C#CCC1=C(C#N)C(OC)=C(C#N)S1=S=O. The third kappa shape index (κ3) is 1.79. The normalized spacial score (nSPS) is 18.8. The third-order valence-electron chi connectivity index (χ3n) is 1.87. The summed E-state index contributed by atoms with van der Waals surface area (Å²) in [6, 6.07) is 3.84. The standard InChI is InChI=1S/C10H6N2O2S2/c1-3-4-8-7(5-11)10(14-2)9(6-12)16(8)15-13/h1H,4H2,2H3. The van der Waals surface area contributed by atoms with Gasteiger partial charge in [-0.05, 0) is 9.45 Å². The van der Waals surface area contributed by atoms with Gasteiger partial charge in [0.2, 0.25) is 0 Å². The van der Waals surface area contributed by atoms with E-state index in [0.29, 0.717) is 4.91 Å². The van der Waals surface area contributed by atoms with E-state index in [0.717, 1.165) is 0 Å². The van der Waals surface area contributed by atoms with Crippen LogP contribution < -0.4 is 0 Å². The molecule has 0 bridgehead atoms. The van der Waals surface area contributed by atoms with Gasteiger partial charge >= 0.3 is 0 Å². The molecule has 0 aromatic heterocycles. The van der Waals surface area contributed by atoms with Crippen molar-refractivity contribution in [3.63, 3.8) is 0 Å². The molecule has 4 nitrogen and oxygen atoms in total. The Morgan fingerprint density at radius 2 is 2.19 bits per heavy atom. The van der Waals surface area contributed by atoms with Crippen molar-refractivity contribution >= 4 is 19.7 Å². The highest BCUT2D eigenvalue weighted by atomic mass is 32.8. The minimum atomic E-state index is -1.00. The van der Waals surface area contributed by atoms with Crippen molar-refractivity contribution in [1.82, 2.24) is 0 Å². The molecule has 1 unspecified atom stereocenters. The predicted octanol–water partition coefficient (Wildman–Crippen LogP) is 0.929. The van der Waals surface area contributed by atoms with Crippen molar-refractivity contribution in [3.05, 3.63) is 21.1 Å². The lowest BCUT2D eigenvalue weighted by molar-refractivity contribution is 0.303. The zero-order valence-electron chi connectivity index (χ0n) is 8.31. The molecule has 0 saturated carbocycles. The van der Waals surface area contributed by atoms with E-state index in [1.54, 1.807) is 0 Å². The Balaban J connectivity index is 3.55. The molecule has 0 aliphatic carbocycles. The third-order valence-corrected chi connectivity index (χ3v) is 4.96. The Kier molecular flexibility index (Phi) is 4.08. The van der Waals surface area contributed by atoms with Gasteiger partial charge in [-0.3, -0.25) is 0 Å². The van der Waals surface area contributed by atoms with Crippen molar-refractivity contribution in [1.29, 1.82) is 10.5 Å². The average Bonchev–Trinajstić information content (AvgIpc) is 2.61. The fourth-order valence-corrected chi connectivity index (χ4v) is 3.85. The topological polar surface area (TPSA) is 73.9 Å². The van der Waals surface area contributed by atoms with E-state index >= 15 is 0 Å². The molecule has 1 heterocycles. The molecule has 1 aliphatic heterocycles. The van der Waals surface area contributed by atoms with Crippen LogP contribution in [0.5, 0.6) is 0 Å². The van der Waals surface area contributed by atoms with Crippen LogP contribution >= 0.6 is 0 Å². The zero-order chi connectivity index (χ0) is 12.1. The lowest BCUT2D eigenvalue weighted by Crippen LogP contribution is -1.92. The van der Waals surface area contributed by atoms with E-state index in [1.807, 2.05) is 12.1 Å². The molecule has 0 amide bonds. The molecule has 1 atom stereocenters. The van der Waals surface area contributed by atoms with Gasteiger partial charge in [-0.2, -0.15) is 10.5 Å². The average molecular weight is 250 g/mol. The lowest BCUT2D eigenvalue weighted by atomic mass is 10.2. The minimum absolute atomic E-state index is 0.180. The van der Waals surface area contributed by atoms with E-state index in [4.69, 9.17) is 21.7 Å². The summed E-state index contributed by atoms with van der Waals surface area (Å²) in [5.74, 6) is 2.56. The van der Waals surface area contributed by atoms with Crippen molar-refractivity contribution in [3.8, 4) is 24.5 Å². The molecule has 1 aliphatic rings. The number of terminal acetylenes is 1. The monoisotopic (exact) mass is 250 g/mol. The van der Waals surface area contributed by atoms with Crippen molar-refractivity contribution in [2.45, 2.75) is 6.42 Å². The van der Waals surface area contributed by atoms with Gasteiger partial charge in [0.25, 0.3) is 0 Å². The zero-order valence-corrected chi connectivity index (χ0v) is 9.94. The Bertz CT molecular complexity index is 575. The van der Waals surface area contributed by atoms with Crippen LogP contribution in [-0.2, 0) is 24.4 Å². The van der Waals surface area contributed by atoms with Crippen LogP contribution in [-0.4, -0.2) is 11.3 Å². The number of allylic oxidation sites excluding steroid dienone is 3. The fourth-order valence-electron chi connectivity index (χ4n) is 1.26. The molecule has 0 spiro atoms. The molecule has 0 saturated heterocycles. The van der Waals surface area contributed by atoms with Gasteiger partial charge in [0.05, 0.1) is 7.11 Å². The van der Waals surface area contributed by atoms with Gasteiger partial charge in [0.15, 0.2) is 5.76 Å². The highest BCUT2D eigenvalue weighted by Gasteiger charge is 2.30. The maximum Gasteiger partial charge on any atom is 0.162 e. The molecule has 0 aromatic rings. The first kappa shape index (κ1) is 12.3. The summed E-state index contributed by atoms with van der Waals surface area (Å²) >= 11 is 0. The summed E-state index contributed by atoms with van der Waals surface area (Å²) in [7, 11) is 0.625. The molecule has 80 valence electrons. The summed E-state index contributed by atoms with van der Waals surface area (Å²) in [6.45, 7) is 0. The summed E-state index contributed by atoms with van der Waals surface area (Å²) in [5.41, 5.74) is 0.226. The minimum Gasteiger partial charge on any atom is -0.493 e. The molecule has 1 rings (SSSR count). The maximum absolute atomic E-state index is 11.0. The van der Waals surface area contributed by atoms with Crippen LogP contribution in [0.15, 0.2) is 21.1 Å². The van der Waals surface area contributed by atoms with Crippen LogP contribution in [0, 0.1) is 35.0 Å². The molecule has 16 heavy (non-hydrogen) atoms. The van der Waals surface area contributed by atoms with Crippen LogP contribution in [0.3, 0.4) is 0 Å². The summed E-state index contributed by atoms with van der Waals surface area (Å²) in [6.07, 6.45) is 5.35. The number of nitriles is 2. The number of nitrogens with zero attached hydrogens (tertiary/aromatic N) is 2. The van der Waals surface area contributed by atoms with Gasteiger partial charge in [0, 0.05) is 11.3 Å². The van der Waals surface area contributed by atoms with Crippen LogP contribution in [0.1, 0.15) is 6.42 Å². The van der Waals surface area contributed by atoms with E-state index < -0.39 is 9.45 Å². The Morgan fingerprint density at radius 3 is 2.56 bits per heavy atom. The second kappa shape index (κ2) is 5.32. The number of hydrogen-bond donors (Lipinski definition) is 0. The van der Waals surface area contributed by atoms with E-state index in [2.05, 4.69) is 5.92 Å². The molecule has 0 fully saturated rings. The first-order valence-corrected chi connectivity index (χ1v) is 6.53. The summed E-state index contributed by atoms with van der Waals surface area (Å²) in [5, 5.41) is 17.9. The van der Waals surface area contributed by atoms with Gasteiger partial charge in [-0.15, -0.1) is 12.3 Å². The van der Waals surface area contributed by atoms with Gasteiger partial charge in [-0.25, -0.2) is 4.21 Å². The van der Waals surface area contributed by atoms with E-state index in [1.165, 1.54) is 7.11 Å². The summed E-state index contributed by atoms with van der Waals surface area (Å²) in [4.78, 5) is 0.711. The van der Waals surface area contributed by atoms with E-state index in [9.17, 15) is 4.21 Å². The molecule has 0 aromatic carbocycles. The van der Waals surface area contributed by atoms with Crippen LogP contribution in [0.4, 0.5) is 0 Å². The summed E-state index contributed by atoms with van der Waals surface area (Å²) < 4.78 is 16.0. The maximum atomic E-state index is 11.0. The smallest absolute Gasteiger partial charge is 0.162 e. The molecule has 6 heteroatoms. The first-order valence-electron chi connectivity index (χ1n) is 4.05. The predicted molar refractivity (Wildman–Crippen MR) is 61.2 cm³/mol. The van der Waals surface area contributed by atoms with Crippen molar-refractivity contribution < 1.29 is 8.95 Å². The van der Waals surface area contributed by atoms with Gasteiger partial charge in [-0.1, -0.05) is 0 Å². The van der Waals surface area contributed by atoms with Crippen molar-refractivity contribution in [2.24, 2.45) is 0 Å². The van der Waals surface area contributed by atoms with E-state index in [-0.39, 0.29) is 32.9 Å². The molecular formula is C10H6N2O2S2. The van der Waals surface area contributed by atoms with Gasteiger partial charge in [0.1, 0.15) is 32.8 Å². The van der Waals surface area contributed by atoms with Crippen LogP contribution in [0.2, 0.25) is 0 Å². The molecule has 0 N–H and O–H groups in total.